The number of nitrogens with two attached hydrogens (primary N) is 1. The maximum atomic E-state index is 12.6. The molecule has 1 saturated heterocycles. The Kier molecular flexibility index (Phi) is 5.19. The Morgan fingerprint density at radius 3 is 2.10 bits per heavy atom. The van der Waals surface area contributed by atoms with Gasteiger partial charge in [-0.15, -0.1) is 0 Å². The first-order valence-corrected chi connectivity index (χ1v) is 7.47. The van der Waals surface area contributed by atoms with E-state index in [1.807, 2.05) is 39.5 Å². The van der Waals surface area contributed by atoms with Crippen molar-refractivity contribution in [1.82, 2.24) is 10.2 Å². The first-order chi connectivity index (χ1) is 9.09. The topological polar surface area (TPSA) is 75.4 Å². The zero-order valence-electron chi connectivity index (χ0n) is 13.5. The molecule has 0 spiro atoms. The van der Waals surface area contributed by atoms with Gasteiger partial charge in [0.1, 0.15) is 0 Å². The largest absolute Gasteiger partial charge is 0.353 e. The summed E-state index contributed by atoms with van der Waals surface area (Å²) in [6.45, 7) is 10.8. The van der Waals surface area contributed by atoms with Crippen molar-refractivity contribution in [2.45, 2.75) is 65.5 Å². The van der Waals surface area contributed by atoms with Gasteiger partial charge in [0.2, 0.25) is 11.8 Å². The Morgan fingerprint density at radius 2 is 1.70 bits per heavy atom. The maximum Gasteiger partial charge on any atom is 0.230 e. The number of nitrogens with zero attached hydrogens (tertiary/aromatic N) is 1. The van der Waals surface area contributed by atoms with Crippen LogP contribution in [-0.2, 0) is 9.59 Å². The second kappa shape index (κ2) is 6.12. The Morgan fingerprint density at radius 1 is 1.20 bits per heavy atom. The average molecular weight is 283 g/mol. The molecule has 2 amide bonds. The number of likely N-dealkylation sites (tertiary alicyclic amines) is 1. The zero-order chi connectivity index (χ0) is 15.6. The van der Waals surface area contributed by atoms with Crippen molar-refractivity contribution in [2.24, 2.45) is 11.1 Å². The van der Waals surface area contributed by atoms with Crippen LogP contribution in [0.5, 0.6) is 0 Å². The summed E-state index contributed by atoms with van der Waals surface area (Å²) in [4.78, 5) is 25.9. The molecule has 5 heteroatoms. The molecule has 1 fully saturated rings. The van der Waals surface area contributed by atoms with Crippen molar-refractivity contribution in [3.8, 4) is 0 Å². The number of nitrogens with one attached hydrogen (secondary N) is 1. The third kappa shape index (κ3) is 3.72. The number of hydrogen-bond donors (Lipinski definition) is 2. The van der Waals surface area contributed by atoms with Gasteiger partial charge in [-0.25, -0.2) is 0 Å². The number of piperidine rings is 1. The van der Waals surface area contributed by atoms with Crippen LogP contribution < -0.4 is 11.1 Å². The van der Waals surface area contributed by atoms with Crippen molar-refractivity contribution in [3.05, 3.63) is 0 Å². The van der Waals surface area contributed by atoms with Crippen molar-refractivity contribution in [3.63, 3.8) is 0 Å². The number of amides is 2. The van der Waals surface area contributed by atoms with Crippen LogP contribution in [0.2, 0.25) is 0 Å². The predicted molar refractivity (Wildman–Crippen MR) is 80.1 cm³/mol. The summed E-state index contributed by atoms with van der Waals surface area (Å²) in [5.74, 6) is 0.184. The smallest absolute Gasteiger partial charge is 0.230 e. The summed E-state index contributed by atoms with van der Waals surface area (Å²) in [5.41, 5.74) is 4.98. The average Bonchev–Trinajstić information content (AvgIpc) is 2.37. The zero-order valence-corrected chi connectivity index (χ0v) is 13.5. The molecule has 1 rings (SSSR count). The normalized spacial score (nSPS) is 18.0. The molecule has 1 aliphatic heterocycles. The summed E-state index contributed by atoms with van der Waals surface area (Å²) in [6, 6.07) is 0.195. The molecule has 0 unspecified atom stereocenters. The second-order valence-electron chi connectivity index (χ2n) is 6.83. The lowest BCUT2D eigenvalue weighted by atomic mass is 9.74. The highest BCUT2D eigenvalue weighted by Crippen LogP contribution is 2.31. The Balaban J connectivity index is 2.57. The molecule has 1 aliphatic rings. The maximum absolute atomic E-state index is 12.6. The molecule has 3 N–H and O–H groups in total. The van der Waals surface area contributed by atoms with Crippen LogP contribution in [0, 0.1) is 5.41 Å². The third-order valence-electron chi connectivity index (χ3n) is 4.61. The first-order valence-electron chi connectivity index (χ1n) is 7.47. The van der Waals surface area contributed by atoms with E-state index in [4.69, 9.17) is 5.73 Å². The van der Waals surface area contributed by atoms with E-state index >= 15 is 0 Å². The minimum Gasteiger partial charge on any atom is -0.353 e. The Hall–Kier alpha value is -1.10. The number of hydrogen-bond acceptors (Lipinski definition) is 3. The molecule has 0 saturated carbocycles. The summed E-state index contributed by atoms with van der Waals surface area (Å²) in [5, 5.41) is 3.00. The van der Waals surface area contributed by atoms with Gasteiger partial charge in [0, 0.05) is 31.1 Å². The van der Waals surface area contributed by atoms with Crippen LogP contribution in [0.3, 0.4) is 0 Å². The van der Waals surface area contributed by atoms with E-state index in [1.54, 1.807) is 0 Å². The van der Waals surface area contributed by atoms with Gasteiger partial charge in [-0.2, -0.15) is 0 Å². The van der Waals surface area contributed by atoms with Crippen LogP contribution in [-0.4, -0.2) is 41.4 Å². The molecule has 116 valence electrons. The lowest BCUT2D eigenvalue weighted by Gasteiger charge is -2.42. The fraction of sp³-hybridized carbons (Fsp3) is 0.867. The van der Waals surface area contributed by atoms with Crippen LogP contribution >= 0.6 is 0 Å². The summed E-state index contributed by atoms with van der Waals surface area (Å²) < 4.78 is 0. The van der Waals surface area contributed by atoms with Crippen molar-refractivity contribution in [1.29, 1.82) is 0 Å². The molecule has 0 aromatic rings. The molecule has 0 aromatic carbocycles. The minimum atomic E-state index is -0.591. The number of carbonyl (C=O) groups is 2. The third-order valence-corrected chi connectivity index (χ3v) is 4.61. The van der Waals surface area contributed by atoms with Gasteiger partial charge in [-0.1, -0.05) is 6.92 Å². The van der Waals surface area contributed by atoms with E-state index < -0.39 is 11.0 Å². The summed E-state index contributed by atoms with van der Waals surface area (Å²) >= 11 is 0. The molecule has 20 heavy (non-hydrogen) atoms. The van der Waals surface area contributed by atoms with Crippen LogP contribution in [0.4, 0.5) is 0 Å². The second-order valence-corrected chi connectivity index (χ2v) is 6.83. The fourth-order valence-corrected chi connectivity index (χ4v) is 2.23. The molecule has 0 radical (unpaired) electrons. The molecule has 0 atom stereocenters. The van der Waals surface area contributed by atoms with Crippen molar-refractivity contribution >= 4 is 11.8 Å². The van der Waals surface area contributed by atoms with Gasteiger partial charge in [-0.05, 0) is 40.5 Å². The summed E-state index contributed by atoms with van der Waals surface area (Å²) in [6.07, 6.45) is 2.14. The minimum absolute atomic E-state index is 0.0817. The SMILES string of the molecule is CCC(=O)NC1CCN(C(=O)C(C)(C)C(C)(C)N)CC1. The standard InChI is InChI=1S/C15H29N3O2/c1-6-12(19)17-11-7-9-18(10-8-11)13(20)14(2,3)15(4,5)16/h11H,6-10,16H2,1-5H3,(H,17,19). The lowest BCUT2D eigenvalue weighted by molar-refractivity contribution is -0.144. The van der Waals surface area contributed by atoms with Gasteiger partial charge in [0.15, 0.2) is 0 Å². The monoisotopic (exact) mass is 283 g/mol. The molecular weight excluding hydrogens is 254 g/mol. The highest BCUT2D eigenvalue weighted by atomic mass is 16.2. The summed E-state index contributed by atoms with van der Waals surface area (Å²) in [7, 11) is 0. The molecule has 0 aromatic heterocycles. The predicted octanol–water partition coefficient (Wildman–Crippen LogP) is 1.27. The van der Waals surface area contributed by atoms with Crippen LogP contribution in [0.1, 0.15) is 53.9 Å². The van der Waals surface area contributed by atoms with Gasteiger partial charge in [-0.3, -0.25) is 9.59 Å². The number of carbonyl (C=O) groups excluding carboxylic acids is 2. The van der Waals surface area contributed by atoms with Crippen LogP contribution in [0.15, 0.2) is 0 Å². The molecule has 0 bridgehead atoms. The van der Waals surface area contributed by atoms with E-state index in [2.05, 4.69) is 5.32 Å². The Labute approximate surface area is 122 Å². The molecular formula is C15H29N3O2. The fourth-order valence-electron chi connectivity index (χ4n) is 2.23. The van der Waals surface area contributed by atoms with E-state index in [-0.39, 0.29) is 17.9 Å². The van der Waals surface area contributed by atoms with Gasteiger partial charge >= 0.3 is 0 Å². The Bertz CT molecular complexity index is 364. The van der Waals surface area contributed by atoms with E-state index in [1.165, 1.54) is 0 Å². The molecule has 1 heterocycles. The van der Waals surface area contributed by atoms with Crippen LogP contribution in [0.25, 0.3) is 0 Å². The molecule has 5 nitrogen and oxygen atoms in total. The van der Waals surface area contributed by atoms with Gasteiger partial charge in [0.05, 0.1) is 5.41 Å². The molecule has 0 aliphatic carbocycles. The van der Waals surface area contributed by atoms with Gasteiger partial charge in [0.25, 0.3) is 0 Å². The highest BCUT2D eigenvalue weighted by molar-refractivity contribution is 5.83. The van der Waals surface area contributed by atoms with Crippen molar-refractivity contribution < 1.29 is 9.59 Å². The number of rotatable bonds is 4. The van der Waals surface area contributed by atoms with E-state index in [9.17, 15) is 9.59 Å². The quantitative estimate of drug-likeness (QED) is 0.816. The highest BCUT2D eigenvalue weighted by Gasteiger charge is 2.43. The lowest BCUT2D eigenvalue weighted by Crippen LogP contribution is -2.58. The van der Waals surface area contributed by atoms with Gasteiger partial charge < -0.3 is 16.0 Å². The first kappa shape index (κ1) is 17.0. The van der Waals surface area contributed by atoms with E-state index in [0.29, 0.717) is 19.5 Å². The van der Waals surface area contributed by atoms with E-state index in [0.717, 1.165) is 12.8 Å². The van der Waals surface area contributed by atoms with Crippen molar-refractivity contribution in [2.75, 3.05) is 13.1 Å².